The number of alkyl halides is 3. The highest BCUT2D eigenvalue weighted by Crippen LogP contribution is 2.32. The van der Waals surface area contributed by atoms with Crippen molar-refractivity contribution in [1.29, 1.82) is 5.26 Å². The maximum atomic E-state index is 12.8. The SMILES string of the molecule is N#CC(=C1CCN(C(=O)N2CCC(S(N)(=O)=O)CC2)CC1)c1ccc(C(F)(F)F)cc1. The number of halogens is 3. The second-order valence-electron chi connectivity index (χ2n) is 7.71. The molecule has 7 nitrogen and oxygen atoms in total. The number of nitriles is 1. The maximum absolute atomic E-state index is 12.8. The molecule has 0 atom stereocenters. The van der Waals surface area contributed by atoms with E-state index in [1.807, 2.05) is 0 Å². The van der Waals surface area contributed by atoms with Crippen molar-refractivity contribution in [3.63, 3.8) is 0 Å². The zero-order chi connectivity index (χ0) is 22.8. The lowest BCUT2D eigenvalue weighted by Crippen LogP contribution is -2.50. The summed E-state index contributed by atoms with van der Waals surface area (Å²) in [5.74, 6) is 0. The Morgan fingerprint density at radius 3 is 2.00 bits per heavy atom. The number of rotatable bonds is 2. The summed E-state index contributed by atoms with van der Waals surface area (Å²) in [6.45, 7) is 1.40. The first-order valence-electron chi connectivity index (χ1n) is 9.86. The smallest absolute Gasteiger partial charge is 0.325 e. The Morgan fingerprint density at radius 2 is 1.55 bits per heavy atom. The van der Waals surface area contributed by atoms with Gasteiger partial charge in [-0.15, -0.1) is 0 Å². The Kier molecular flexibility index (Phi) is 6.62. The minimum absolute atomic E-state index is 0.181. The Bertz CT molecular complexity index is 996. The molecule has 2 heterocycles. The van der Waals surface area contributed by atoms with Crippen LogP contribution in [0.25, 0.3) is 5.57 Å². The van der Waals surface area contributed by atoms with Gasteiger partial charge in [0.15, 0.2) is 0 Å². The molecule has 3 rings (SSSR count). The van der Waals surface area contributed by atoms with Crippen molar-refractivity contribution in [2.45, 2.75) is 37.1 Å². The van der Waals surface area contributed by atoms with E-state index >= 15 is 0 Å². The average Bonchev–Trinajstić information content (AvgIpc) is 2.73. The van der Waals surface area contributed by atoms with Crippen LogP contribution in [0, 0.1) is 11.3 Å². The number of carbonyl (C=O) groups is 1. The number of likely N-dealkylation sites (tertiary alicyclic amines) is 2. The van der Waals surface area contributed by atoms with Gasteiger partial charge in [0.25, 0.3) is 0 Å². The molecule has 2 saturated heterocycles. The summed E-state index contributed by atoms with van der Waals surface area (Å²) < 4.78 is 61.2. The number of piperidine rings is 2. The Morgan fingerprint density at radius 1 is 1.03 bits per heavy atom. The van der Waals surface area contributed by atoms with Crippen LogP contribution in [-0.4, -0.2) is 55.7 Å². The molecule has 2 N–H and O–H groups in total. The van der Waals surface area contributed by atoms with Crippen LogP contribution in [0.15, 0.2) is 29.8 Å². The first-order chi connectivity index (χ1) is 14.5. The number of nitrogens with two attached hydrogens (primary N) is 1. The van der Waals surface area contributed by atoms with Crippen LogP contribution < -0.4 is 5.14 Å². The fraction of sp³-hybridized carbons (Fsp3) is 0.500. The number of hydrogen-bond donors (Lipinski definition) is 1. The monoisotopic (exact) mass is 456 g/mol. The van der Waals surface area contributed by atoms with Gasteiger partial charge in [-0.2, -0.15) is 18.4 Å². The van der Waals surface area contributed by atoms with E-state index in [0.29, 0.717) is 63.0 Å². The van der Waals surface area contributed by atoms with Crippen molar-refractivity contribution >= 4 is 21.6 Å². The molecule has 2 amide bonds. The van der Waals surface area contributed by atoms with Crippen LogP contribution in [0.4, 0.5) is 18.0 Å². The van der Waals surface area contributed by atoms with E-state index in [1.165, 1.54) is 12.1 Å². The summed E-state index contributed by atoms with van der Waals surface area (Å²) in [4.78, 5) is 16.0. The molecule has 1 aromatic carbocycles. The van der Waals surface area contributed by atoms with Crippen molar-refractivity contribution in [2.24, 2.45) is 5.14 Å². The minimum Gasteiger partial charge on any atom is -0.325 e. The van der Waals surface area contributed by atoms with Crippen molar-refractivity contribution in [3.8, 4) is 6.07 Å². The van der Waals surface area contributed by atoms with Gasteiger partial charge in [0.2, 0.25) is 10.0 Å². The molecular weight excluding hydrogens is 433 g/mol. The second kappa shape index (κ2) is 8.88. The van der Waals surface area contributed by atoms with E-state index in [9.17, 15) is 31.6 Å². The number of benzene rings is 1. The van der Waals surface area contributed by atoms with Crippen molar-refractivity contribution in [3.05, 3.63) is 41.0 Å². The van der Waals surface area contributed by atoms with Crippen LogP contribution in [-0.2, 0) is 16.2 Å². The van der Waals surface area contributed by atoms with E-state index in [2.05, 4.69) is 6.07 Å². The quantitative estimate of drug-likeness (QED) is 0.691. The molecule has 168 valence electrons. The molecule has 0 aliphatic carbocycles. The van der Waals surface area contributed by atoms with Gasteiger partial charge in [-0.3, -0.25) is 0 Å². The highest BCUT2D eigenvalue weighted by molar-refractivity contribution is 7.89. The van der Waals surface area contributed by atoms with Crippen LogP contribution in [0.5, 0.6) is 0 Å². The van der Waals surface area contributed by atoms with Crippen LogP contribution in [0.2, 0.25) is 0 Å². The van der Waals surface area contributed by atoms with E-state index in [4.69, 9.17) is 5.14 Å². The van der Waals surface area contributed by atoms with Crippen molar-refractivity contribution in [2.75, 3.05) is 26.2 Å². The number of primary sulfonamides is 1. The lowest BCUT2D eigenvalue weighted by molar-refractivity contribution is -0.137. The fourth-order valence-corrected chi connectivity index (χ4v) is 4.84. The topological polar surface area (TPSA) is 108 Å². The summed E-state index contributed by atoms with van der Waals surface area (Å²) >= 11 is 0. The highest BCUT2D eigenvalue weighted by Gasteiger charge is 2.33. The second-order valence-corrected chi connectivity index (χ2v) is 9.56. The molecule has 2 aliphatic rings. The van der Waals surface area contributed by atoms with Crippen LogP contribution in [0.1, 0.15) is 36.8 Å². The number of hydrogen-bond acceptors (Lipinski definition) is 4. The van der Waals surface area contributed by atoms with Gasteiger partial charge >= 0.3 is 12.2 Å². The van der Waals surface area contributed by atoms with Gasteiger partial charge < -0.3 is 9.80 Å². The Labute approximate surface area is 179 Å². The molecule has 2 aliphatic heterocycles. The molecule has 0 unspecified atom stereocenters. The number of carbonyl (C=O) groups excluding carboxylic acids is 1. The predicted molar refractivity (Wildman–Crippen MR) is 108 cm³/mol. The number of nitrogens with zero attached hydrogens (tertiary/aromatic N) is 3. The van der Waals surface area contributed by atoms with E-state index in [0.717, 1.165) is 17.7 Å². The molecule has 0 bridgehead atoms. The summed E-state index contributed by atoms with van der Waals surface area (Å²) in [7, 11) is -3.61. The predicted octanol–water partition coefficient (Wildman–Crippen LogP) is 2.95. The standard InChI is InChI=1S/C20H23F3N4O3S/c21-20(22,23)16-3-1-14(2-4-16)18(13-24)15-5-9-26(10-6-15)19(28)27-11-7-17(8-12-27)31(25,29)30/h1-4,17H,5-12H2,(H2,25,29,30). The van der Waals surface area contributed by atoms with E-state index < -0.39 is 27.0 Å². The molecule has 0 spiro atoms. The third-order valence-electron chi connectivity index (χ3n) is 5.78. The largest absolute Gasteiger partial charge is 0.416 e. The van der Waals surface area contributed by atoms with Gasteiger partial charge in [0.05, 0.1) is 22.5 Å². The van der Waals surface area contributed by atoms with E-state index in [-0.39, 0.29) is 6.03 Å². The fourth-order valence-electron chi connectivity index (χ4n) is 3.97. The highest BCUT2D eigenvalue weighted by atomic mass is 32.2. The van der Waals surface area contributed by atoms with Gasteiger partial charge in [-0.25, -0.2) is 18.4 Å². The third kappa shape index (κ3) is 5.37. The van der Waals surface area contributed by atoms with Crippen LogP contribution in [0.3, 0.4) is 0 Å². The lowest BCUT2D eigenvalue weighted by atomic mass is 9.93. The summed E-state index contributed by atoms with van der Waals surface area (Å²) in [5, 5.41) is 14.1. The van der Waals surface area contributed by atoms with Gasteiger partial charge in [-0.05, 0) is 49.0 Å². The minimum atomic E-state index is -4.44. The summed E-state index contributed by atoms with van der Waals surface area (Å²) in [5.41, 5.74) is 0.800. The zero-order valence-electron chi connectivity index (χ0n) is 16.7. The Balaban J connectivity index is 1.63. The molecule has 2 fully saturated rings. The molecule has 31 heavy (non-hydrogen) atoms. The summed E-state index contributed by atoms with van der Waals surface area (Å²) in [6, 6.07) is 6.41. The van der Waals surface area contributed by atoms with Crippen molar-refractivity contribution < 1.29 is 26.4 Å². The molecule has 0 saturated carbocycles. The first-order valence-corrected chi connectivity index (χ1v) is 11.5. The van der Waals surface area contributed by atoms with Crippen molar-refractivity contribution in [1.82, 2.24) is 9.80 Å². The maximum Gasteiger partial charge on any atom is 0.416 e. The van der Waals surface area contributed by atoms with Crippen LogP contribution >= 0.6 is 0 Å². The number of allylic oxidation sites excluding steroid dienone is 1. The molecule has 0 radical (unpaired) electrons. The number of amides is 2. The Hall–Kier alpha value is -2.58. The molecular formula is C20H23F3N4O3S. The van der Waals surface area contributed by atoms with E-state index in [1.54, 1.807) is 9.80 Å². The van der Waals surface area contributed by atoms with Gasteiger partial charge in [-0.1, -0.05) is 12.1 Å². The first kappa shape index (κ1) is 23.1. The average molecular weight is 456 g/mol. The molecule has 1 aromatic rings. The normalized spacial score (nSPS) is 18.6. The number of sulfonamides is 1. The zero-order valence-corrected chi connectivity index (χ0v) is 17.5. The lowest BCUT2D eigenvalue weighted by Gasteiger charge is -2.37. The third-order valence-corrected chi connectivity index (χ3v) is 7.18. The molecule has 11 heteroatoms. The molecule has 0 aromatic heterocycles. The van der Waals surface area contributed by atoms with Gasteiger partial charge in [0.1, 0.15) is 0 Å². The van der Waals surface area contributed by atoms with Gasteiger partial charge in [0, 0.05) is 26.2 Å². The summed E-state index contributed by atoms with van der Waals surface area (Å²) in [6.07, 6.45) is -2.94. The number of urea groups is 1.